The van der Waals surface area contributed by atoms with Crippen molar-refractivity contribution >= 4 is 11.8 Å². The van der Waals surface area contributed by atoms with E-state index in [-0.39, 0.29) is 12.2 Å². The van der Waals surface area contributed by atoms with Gasteiger partial charge in [0.15, 0.2) is 0 Å². The van der Waals surface area contributed by atoms with Crippen LogP contribution in [-0.4, -0.2) is 60.5 Å². The Labute approximate surface area is 109 Å². The lowest BCUT2D eigenvalue weighted by atomic mass is 10.2. The smallest absolute Gasteiger partial charge is 0.312 e. The van der Waals surface area contributed by atoms with Crippen LogP contribution in [0.25, 0.3) is 0 Å². The molecule has 0 aromatic heterocycles. The second-order valence-electron chi connectivity index (χ2n) is 5.05. The zero-order chi connectivity index (χ0) is 13.7. The SMILES string of the molecule is CCCCN(C)C(=O)C(=O)N1CC(C)OC(C)C1. The van der Waals surface area contributed by atoms with Crippen LogP contribution in [0.1, 0.15) is 33.6 Å². The summed E-state index contributed by atoms with van der Waals surface area (Å²) in [6.45, 7) is 7.53. The summed E-state index contributed by atoms with van der Waals surface area (Å²) in [7, 11) is 1.68. The quantitative estimate of drug-likeness (QED) is 0.704. The first kappa shape index (κ1) is 15.0. The van der Waals surface area contributed by atoms with Gasteiger partial charge in [-0.1, -0.05) is 13.3 Å². The van der Waals surface area contributed by atoms with Crippen LogP contribution in [0.3, 0.4) is 0 Å². The molecular formula is C13H24N2O3. The summed E-state index contributed by atoms with van der Waals surface area (Å²) in [4.78, 5) is 27.1. The lowest BCUT2D eigenvalue weighted by Crippen LogP contribution is -2.52. The fourth-order valence-electron chi connectivity index (χ4n) is 2.14. The highest BCUT2D eigenvalue weighted by Gasteiger charge is 2.30. The molecule has 2 unspecified atom stereocenters. The number of ether oxygens (including phenoxy) is 1. The van der Waals surface area contributed by atoms with Crippen molar-refractivity contribution < 1.29 is 14.3 Å². The van der Waals surface area contributed by atoms with Crippen LogP contribution in [0.5, 0.6) is 0 Å². The number of nitrogens with zero attached hydrogens (tertiary/aromatic N) is 2. The molecule has 1 heterocycles. The zero-order valence-electron chi connectivity index (χ0n) is 11.8. The van der Waals surface area contributed by atoms with Gasteiger partial charge in [-0.3, -0.25) is 9.59 Å². The number of rotatable bonds is 3. The summed E-state index contributed by atoms with van der Waals surface area (Å²) in [5, 5.41) is 0. The number of hydrogen-bond donors (Lipinski definition) is 0. The highest BCUT2D eigenvalue weighted by Crippen LogP contribution is 2.11. The van der Waals surface area contributed by atoms with Gasteiger partial charge >= 0.3 is 11.8 Å². The van der Waals surface area contributed by atoms with E-state index in [1.807, 2.05) is 13.8 Å². The molecule has 1 aliphatic heterocycles. The lowest BCUT2D eigenvalue weighted by Gasteiger charge is -2.35. The first-order valence-electron chi connectivity index (χ1n) is 6.65. The second kappa shape index (κ2) is 6.73. The number of morpholine rings is 1. The lowest BCUT2D eigenvalue weighted by molar-refractivity contribution is -0.157. The normalized spacial score (nSPS) is 23.9. The molecule has 0 saturated carbocycles. The predicted molar refractivity (Wildman–Crippen MR) is 69.1 cm³/mol. The van der Waals surface area contributed by atoms with Crippen LogP contribution in [0.2, 0.25) is 0 Å². The van der Waals surface area contributed by atoms with E-state index < -0.39 is 11.8 Å². The van der Waals surface area contributed by atoms with Crippen molar-refractivity contribution in [2.24, 2.45) is 0 Å². The summed E-state index contributed by atoms with van der Waals surface area (Å²) in [5.74, 6) is -0.819. The van der Waals surface area contributed by atoms with Crippen LogP contribution in [0.4, 0.5) is 0 Å². The van der Waals surface area contributed by atoms with Crippen LogP contribution in [0.15, 0.2) is 0 Å². The highest BCUT2D eigenvalue weighted by atomic mass is 16.5. The van der Waals surface area contributed by atoms with Crippen molar-refractivity contribution in [2.45, 2.75) is 45.8 Å². The topological polar surface area (TPSA) is 49.9 Å². The third-order valence-corrected chi connectivity index (χ3v) is 3.08. The van der Waals surface area contributed by atoms with Gasteiger partial charge in [0.2, 0.25) is 0 Å². The summed E-state index contributed by atoms with van der Waals surface area (Å²) < 4.78 is 5.55. The molecule has 0 bridgehead atoms. The summed E-state index contributed by atoms with van der Waals surface area (Å²) in [5.41, 5.74) is 0. The van der Waals surface area contributed by atoms with Gasteiger partial charge in [0, 0.05) is 26.7 Å². The number of carbonyl (C=O) groups excluding carboxylic acids is 2. The fraction of sp³-hybridized carbons (Fsp3) is 0.846. The van der Waals surface area contributed by atoms with E-state index in [9.17, 15) is 9.59 Å². The van der Waals surface area contributed by atoms with Gasteiger partial charge in [0.05, 0.1) is 12.2 Å². The molecule has 0 spiro atoms. The fourth-order valence-corrected chi connectivity index (χ4v) is 2.14. The predicted octanol–water partition coefficient (Wildman–Crippen LogP) is 0.881. The van der Waals surface area contributed by atoms with E-state index in [2.05, 4.69) is 6.92 Å². The Morgan fingerprint density at radius 2 is 1.83 bits per heavy atom. The maximum atomic E-state index is 12.1. The Morgan fingerprint density at radius 1 is 1.28 bits per heavy atom. The minimum atomic E-state index is -0.412. The van der Waals surface area contributed by atoms with E-state index in [1.54, 1.807) is 11.9 Å². The molecule has 1 fully saturated rings. The average Bonchev–Trinajstić information content (AvgIpc) is 2.32. The summed E-state index contributed by atoms with van der Waals surface area (Å²) in [6.07, 6.45) is 1.92. The van der Waals surface area contributed by atoms with E-state index in [0.29, 0.717) is 19.6 Å². The van der Waals surface area contributed by atoms with Gasteiger partial charge < -0.3 is 14.5 Å². The van der Waals surface area contributed by atoms with Crippen molar-refractivity contribution in [1.29, 1.82) is 0 Å². The van der Waals surface area contributed by atoms with Crippen molar-refractivity contribution in [2.75, 3.05) is 26.7 Å². The Balaban J connectivity index is 2.54. The van der Waals surface area contributed by atoms with Crippen LogP contribution < -0.4 is 0 Å². The molecule has 0 N–H and O–H groups in total. The molecule has 5 nitrogen and oxygen atoms in total. The van der Waals surface area contributed by atoms with E-state index >= 15 is 0 Å². The standard InChI is InChI=1S/C13H24N2O3/c1-5-6-7-14(4)12(16)13(17)15-8-10(2)18-11(3)9-15/h10-11H,5-9H2,1-4H3. The van der Waals surface area contributed by atoms with Gasteiger partial charge in [-0.05, 0) is 20.3 Å². The molecule has 5 heteroatoms. The highest BCUT2D eigenvalue weighted by molar-refractivity contribution is 6.34. The van der Waals surface area contributed by atoms with Gasteiger partial charge in [0.1, 0.15) is 0 Å². The minimum absolute atomic E-state index is 0.00792. The molecule has 1 aliphatic rings. The average molecular weight is 256 g/mol. The first-order valence-corrected chi connectivity index (χ1v) is 6.65. The number of hydrogen-bond acceptors (Lipinski definition) is 3. The Hall–Kier alpha value is -1.10. The van der Waals surface area contributed by atoms with E-state index in [0.717, 1.165) is 12.8 Å². The molecule has 0 aromatic carbocycles. The number of amides is 2. The zero-order valence-corrected chi connectivity index (χ0v) is 11.8. The van der Waals surface area contributed by atoms with Gasteiger partial charge in [-0.15, -0.1) is 0 Å². The molecule has 1 rings (SSSR count). The van der Waals surface area contributed by atoms with Gasteiger partial charge in [0.25, 0.3) is 0 Å². The Kier molecular flexibility index (Phi) is 5.59. The molecule has 1 saturated heterocycles. The van der Waals surface area contributed by atoms with Crippen molar-refractivity contribution in [1.82, 2.24) is 9.80 Å². The van der Waals surface area contributed by atoms with Crippen molar-refractivity contribution in [3.63, 3.8) is 0 Å². The maximum Gasteiger partial charge on any atom is 0.312 e. The number of carbonyl (C=O) groups is 2. The number of likely N-dealkylation sites (N-methyl/N-ethyl adjacent to an activating group) is 1. The van der Waals surface area contributed by atoms with E-state index in [1.165, 1.54) is 4.90 Å². The third-order valence-electron chi connectivity index (χ3n) is 3.08. The van der Waals surface area contributed by atoms with Crippen LogP contribution >= 0.6 is 0 Å². The molecule has 2 amide bonds. The van der Waals surface area contributed by atoms with Crippen LogP contribution in [-0.2, 0) is 14.3 Å². The molecular weight excluding hydrogens is 232 g/mol. The Morgan fingerprint density at radius 3 is 2.33 bits per heavy atom. The molecule has 18 heavy (non-hydrogen) atoms. The van der Waals surface area contributed by atoms with Crippen molar-refractivity contribution in [3.05, 3.63) is 0 Å². The molecule has 0 aromatic rings. The molecule has 0 aliphatic carbocycles. The largest absolute Gasteiger partial charge is 0.372 e. The van der Waals surface area contributed by atoms with Crippen molar-refractivity contribution in [3.8, 4) is 0 Å². The summed E-state index contributed by atoms with van der Waals surface area (Å²) >= 11 is 0. The van der Waals surface area contributed by atoms with E-state index in [4.69, 9.17) is 4.74 Å². The summed E-state index contributed by atoms with van der Waals surface area (Å²) in [6, 6.07) is 0. The second-order valence-corrected chi connectivity index (χ2v) is 5.05. The Bertz CT molecular complexity index is 297. The maximum absolute atomic E-state index is 12.1. The molecule has 104 valence electrons. The number of unbranched alkanes of at least 4 members (excludes halogenated alkanes) is 1. The monoisotopic (exact) mass is 256 g/mol. The third kappa shape index (κ3) is 3.98. The van der Waals surface area contributed by atoms with Gasteiger partial charge in [-0.2, -0.15) is 0 Å². The first-order chi connectivity index (χ1) is 8.45. The van der Waals surface area contributed by atoms with Gasteiger partial charge in [-0.25, -0.2) is 0 Å². The molecule has 2 atom stereocenters. The van der Waals surface area contributed by atoms with Crippen LogP contribution in [0, 0.1) is 0 Å². The minimum Gasteiger partial charge on any atom is -0.372 e. The molecule has 0 radical (unpaired) electrons.